The second-order valence-corrected chi connectivity index (χ2v) is 6.28. The average molecular weight is 322 g/mol. The Bertz CT molecular complexity index is 492. The second kappa shape index (κ2) is 5.84. The van der Waals surface area contributed by atoms with Crippen LogP contribution in [0.2, 0.25) is 0 Å². The van der Waals surface area contributed by atoms with Gasteiger partial charge in [0.25, 0.3) is 0 Å². The molecule has 1 aromatic rings. The molecule has 2 amide bonds. The highest BCUT2D eigenvalue weighted by molar-refractivity contribution is 7.10. The summed E-state index contributed by atoms with van der Waals surface area (Å²) in [5, 5.41) is 14.1. The lowest BCUT2D eigenvalue weighted by Gasteiger charge is -2.26. The molecule has 1 aliphatic heterocycles. The number of hydrogen-bond donors (Lipinski definition) is 2. The molecule has 0 aliphatic carbocycles. The number of aliphatic hydroxyl groups is 1. The molecule has 0 unspecified atom stereocenters. The first-order chi connectivity index (χ1) is 9.73. The van der Waals surface area contributed by atoms with Crippen LogP contribution in [0.4, 0.5) is 18.0 Å². The van der Waals surface area contributed by atoms with Crippen LogP contribution < -0.4 is 5.32 Å². The molecule has 2 heterocycles. The van der Waals surface area contributed by atoms with Crippen LogP contribution in [0, 0.1) is 0 Å². The lowest BCUT2D eigenvalue weighted by atomic mass is 10.0. The molecule has 0 radical (unpaired) electrons. The minimum atomic E-state index is -4.72. The number of urea groups is 1. The van der Waals surface area contributed by atoms with Crippen LogP contribution in [-0.4, -0.2) is 47.4 Å². The number of nitrogens with one attached hydrogen (secondary N) is 1. The van der Waals surface area contributed by atoms with Crippen molar-refractivity contribution >= 4 is 17.4 Å². The van der Waals surface area contributed by atoms with E-state index in [0.717, 1.165) is 9.78 Å². The quantitative estimate of drug-likeness (QED) is 0.898. The topological polar surface area (TPSA) is 52.6 Å². The first-order valence-corrected chi connectivity index (χ1v) is 7.46. The third-order valence-corrected chi connectivity index (χ3v) is 4.75. The third kappa shape index (κ3) is 3.49. The molecule has 1 saturated heterocycles. The summed E-state index contributed by atoms with van der Waals surface area (Å²) in [7, 11) is 0. The molecule has 0 saturated carbocycles. The smallest absolute Gasteiger partial charge is 0.379 e. The van der Waals surface area contributed by atoms with Crippen molar-refractivity contribution in [1.82, 2.24) is 10.2 Å². The van der Waals surface area contributed by atoms with E-state index in [0.29, 0.717) is 6.54 Å². The summed E-state index contributed by atoms with van der Waals surface area (Å²) >= 11 is 1.56. The summed E-state index contributed by atoms with van der Waals surface area (Å²) < 4.78 is 38.0. The largest absolute Gasteiger partial charge is 0.419 e. The van der Waals surface area contributed by atoms with Crippen molar-refractivity contribution in [3.63, 3.8) is 0 Å². The highest BCUT2D eigenvalue weighted by Crippen LogP contribution is 2.37. The number of likely N-dealkylation sites (tertiary alicyclic amines) is 1. The Balaban J connectivity index is 1.85. The number of thiophene rings is 1. The van der Waals surface area contributed by atoms with Crippen LogP contribution in [0.5, 0.6) is 0 Å². The van der Waals surface area contributed by atoms with Gasteiger partial charge in [0.05, 0.1) is 6.54 Å². The van der Waals surface area contributed by atoms with Crippen molar-refractivity contribution in [3.8, 4) is 0 Å². The van der Waals surface area contributed by atoms with Gasteiger partial charge in [-0.2, -0.15) is 13.2 Å². The average Bonchev–Trinajstić information content (AvgIpc) is 3.04. The molecule has 0 bridgehead atoms. The molecule has 0 spiro atoms. The van der Waals surface area contributed by atoms with E-state index in [1.54, 1.807) is 11.3 Å². The van der Waals surface area contributed by atoms with Gasteiger partial charge in [-0.05, 0) is 11.4 Å². The van der Waals surface area contributed by atoms with Crippen LogP contribution in [0.1, 0.15) is 24.1 Å². The minimum absolute atomic E-state index is 0.0954. The number of β-amino-alcohol motifs (C(OH)–C–C–N with tert-alkyl or cyclic N) is 1. The first kappa shape index (κ1) is 16.1. The van der Waals surface area contributed by atoms with Gasteiger partial charge in [0, 0.05) is 30.3 Å². The molecular formula is C13H17F3N2O2S. The predicted octanol–water partition coefficient (Wildman–Crippen LogP) is 2.56. The van der Waals surface area contributed by atoms with Crippen molar-refractivity contribution in [2.24, 2.45) is 0 Å². The van der Waals surface area contributed by atoms with E-state index in [4.69, 9.17) is 0 Å². The molecule has 0 aromatic carbocycles. The van der Waals surface area contributed by atoms with Crippen molar-refractivity contribution in [1.29, 1.82) is 0 Å². The van der Waals surface area contributed by atoms with Crippen molar-refractivity contribution in [2.45, 2.75) is 31.0 Å². The molecule has 8 heteroatoms. The summed E-state index contributed by atoms with van der Waals surface area (Å²) in [6.45, 7) is 1.47. The maximum absolute atomic E-state index is 12.7. The highest BCUT2D eigenvalue weighted by Gasteiger charge is 2.57. The van der Waals surface area contributed by atoms with E-state index in [1.165, 1.54) is 0 Å². The molecule has 1 fully saturated rings. The molecule has 2 atom stereocenters. The first-order valence-electron chi connectivity index (χ1n) is 6.58. The number of alkyl halides is 3. The zero-order valence-corrected chi connectivity index (χ0v) is 12.3. The number of hydrogen-bond acceptors (Lipinski definition) is 3. The van der Waals surface area contributed by atoms with Gasteiger partial charge in [-0.3, -0.25) is 0 Å². The number of amides is 2. The normalized spacial score (nSPS) is 24.1. The van der Waals surface area contributed by atoms with E-state index < -0.39 is 30.8 Å². The zero-order valence-electron chi connectivity index (χ0n) is 11.5. The van der Waals surface area contributed by atoms with Crippen LogP contribution >= 0.6 is 11.3 Å². The van der Waals surface area contributed by atoms with Gasteiger partial charge in [-0.1, -0.05) is 13.0 Å². The molecule has 118 valence electrons. The summed E-state index contributed by atoms with van der Waals surface area (Å²) in [5.41, 5.74) is -2.79. The van der Waals surface area contributed by atoms with E-state index in [-0.39, 0.29) is 12.5 Å². The highest BCUT2D eigenvalue weighted by atomic mass is 32.1. The number of carbonyl (C=O) groups excluding carboxylic acids is 1. The van der Waals surface area contributed by atoms with Crippen LogP contribution in [0.25, 0.3) is 0 Å². The lowest BCUT2D eigenvalue weighted by Crippen LogP contribution is -2.49. The summed E-state index contributed by atoms with van der Waals surface area (Å²) in [5.74, 6) is 0.0954. The fraction of sp³-hybridized carbons (Fsp3) is 0.615. The van der Waals surface area contributed by atoms with Gasteiger partial charge in [-0.15, -0.1) is 11.3 Å². The molecule has 1 aromatic heterocycles. The fourth-order valence-electron chi connectivity index (χ4n) is 2.22. The van der Waals surface area contributed by atoms with Crippen LogP contribution in [0.15, 0.2) is 17.5 Å². The molecule has 21 heavy (non-hydrogen) atoms. The van der Waals surface area contributed by atoms with Gasteiger partial charge in [0.15, 0.2) is 5.60 Å². The Morgan fingerprint density at radius 1 is 1.62 bits per heavy atom. The SMILES string of the molecule is C[C@H](CNC(=O)N1CC[C@@](O)(C(F)(F)F)C1)c1cccs1. The lowest BCUT2D eigenvalue weighted by molar-refractivity contribution is -0.253. The Morgan fingerprint density at radius 3 is 2.86 bits per heavy atom. The van der Waals surface area contributed by atoms with E-state index in [2.05, 4.69) is 5.32 Å². The maximum Gasteiger partial charge on any atom is 0.419 e. The van der Waals surface area contributed by atoms with Gasteiger partial charge in [0.1, 0.15) is 0 Å². The Kier molecular flexibility index (Phi) is 4.48. The molecule has 4 nitrogen and oxygen atoms in total. The van der Waals surface area contributed by atoms with E-state index in [9.17, 15) is 23.1 Å². The molecular weight excluding hydrogens is 305 g/mol. The molecule has 1 aliphatic rings. The molecule has 2 N–H and O–H groups in total. The Labute approximate surface area is 124 Å². The fourth-order valence-corrected chi connectivity index (χ4v) is 3.01. The molecule has 2 rings (SSSR count). The monoisotopic (exact) mass is 322 g/mol. The van der Waals surface area contributed by atoms with Crippen LogP contribution in [-0.2, 0) is 0 Å². The van der Waals surface area contributed by atoms with Crippen molar-refractivity contribution in [3.05, 3.63) is 22.4 Å². The third-order valence-electron chi connectivity index (χ3n) is 3.65. The zero-order chi connectivity index (χ0) is 15.7. The Hall–Kier alpha value is -1.28. The summed E-state index contributed by atoms with van der Waals surface area (Å²) in [6, 6.07) is 3.28. The maximum atomic E-state index is 12.7. The number of rotatable bonds is 3. The van der Waals surface area contributed by atoms with Gasteiger partial charge >= 0.3 is 12.2 Å². The minimum Gasteiger partial charge on any atom is -0.379 e. The van der Waals surface area contributed by atoms with E-state index in [1.807, 2.05) is 24.4 Å². The van der Waals surface area contributed by atoms with Crippen molar-refractivity contribution in [2.75, 3.05) is 19.6 Å². The van der Waals surface area contributed by atoms with Crippen LogP contribution in [0.3, 0.4) is 0 Å². The second-order valence-electron chi connectivity index (χ2n) is 5.30. The van der Waals surface area contributed by atoms with Gasteiger partial charge in [0.2, 0.25) is 0 Å². The number of halogens is 3. The van der Waals surface area contributed by atoms with E-state index >= 15 is 0 Å². The Morgan fingerprint density at radius 2 is 2.33 bits per heavy atom. The van der Waals surface area contributed by atoms with Gasteiger partial charge in [-0.25, -0.2) is 4.79 Å². The van der Waals surface area contributed by atoms with Crippen molar-refractivity contribution < 1.29 is 23.1 Å². The standard InChI is InChI=1S/C13H17F3N2O2S/c1-9(10-3-2-6-21-10)7-17-11(19)18-5-4-12(20,8-18)13(14,15)16/h2-3,6,9,20H,4-5,7-8H2,1H3,(H,17,19)/t9-,12+/m1/s1. The number of carbonyl (C=O) groups is 1. The summed E-state index contributed by atoms with van der Waals surface area (Å²) in [6.07, 6.45) is -5.20. The van der Waals surface area contributed by atoms with Gasteiger partial charge < -0.3 is 15.3 Å². The summed E-state index contributed by atoms with van der Waals surface area (Å²) in [4.78, 5) is 14.0. The predicted molar refractivity (Wildman–Crippen MR) is 73.3 cm³/mol. The number of nitrogens with zero attached hydrogens (tertiary/aromatic N) is 1.